The summed E-state index contributed by atoms with van der Waals surface area (Å²) in [6, 6.07) is 19.0. The van der Waals surface area contributed by atoms with Crippen LogP contribution in [-0.2, 0) is 6.54 Å². The molecule has 36 heavy (non-hydrogen) atoms. The highest BCUT2D eigenvalue weighted by atomic mass is 16.5. The van der Waals surface area contributed by atoms with E-state index in [4.69, 9.17) is 9.15 Å². The van der Waals surface area contributed by atoms with E-state index in [1.54, 1.807) is 30.4 Å². The number of aromatic nitrogens is 1. The summed E-state index contributed by atoms with van der Waals surface area (Å²) in [5.41, 5.74) is 4.16. The topological polar surface area (TPSA) is 80.0 Å². The van der Waals surface area contributed by atoms with Gasteiger partial charge in [0.15, 0.2) is 0 Å². The molecular formula is C28H30N4O4. The summed E-state index contributed by atoms with van der Waals surface area (Å²) in [5, 5.41) is 3.83. The van der Waals surface area contributed by atoms with E-state index in [9.17, 15) is 9.59 Å². The highest BCUT2D eigenvalue weighted by molar-refractivity contribution is 5.98. The van der Waals surface area contributed by atoms with E-state index in [0.29, 0.717) is 49.0 Å². The van der Waals surface area contributed by atoms with Gasteiger partial charge in [-0.2, -0.15) is 0 Å². The first-order valence-electron chi connectivity index (χ1n) is 12.1. The minimum Gasteiger partial charge on any atom is -0.495 e. The van der Waals surface area contributed by atoms with E-state index in [1.807, 2.05) is 46.7 Å². The van der Waals surface area contributed by atoms with Gasteiger partial charge in [0.05, 0.1) is 25.6 Å². The fourth-order valence-corrected chi connectivity index (χ4v) is 4.84. The second-order valence-electron chi connectivity index (χ2n) is 9.21. The van der Waals surface area contributed by atoms with E-state index in [-0.39, 0.29) is 18.0 Å². The number of nitrogens with zero attached hydrogens (tertiary/aromatic N) is 3. The average Bonchev–Trinajstić information content (AvgIpc) is 3.46. The Balaban J connectivity index is 1.32. The van der Waals surface area contributed by atoms with Gasteiger partial charge in [-0.3, -0.25) is 4.79 Å². The van der Waals surface area contributed by atoms with E-state index >= 15 is 0 Å². The second-order valence-corrected chi connectivity index (χ2v) is 9.21. The lowest BCUT2D eigenvalue weighted by Crippen LogP contribution is -2.56. The van der Waals surface area contributed by atoms with Crippen LogP contribution in [0, 0.1) is 6.92 Å². The first kappa shape index (κ1) is 23.5. The molecule has 1 aliphatic rings. The quantitative estimate of drug-likeness (QED) is 0.432. The molecule has 5 rings (SSSR count). The first-order chi connectivity index (χ1) is 17.4. The molecule has 4 aromatic rings. The maximum absolute atomic E-state index is 13.7. The minimum absolute atomic E-state index is 0.0642. The molecule has 0 spiro atoms. The fraction of sp³-hybridized carbons (Fsp3) is 0.286. The Morgan fingerprint density at radius 1 is 1.08 bits per heavy atom. The predicted octanol–water partition coefficient (Wildman–Crippen LogP) is 4.98. The number of anilines is 1. The molecule has 0 saturated carbocycles. The van der Waals surface area contributed by atoms with E-state index in [2.05, 4.69) is 30.4 Å². The number of methoxy groups -OCH3 is 1. The van der Waals surface area contributed by atoms with E-state index in [1.165, 1.54) is 5.56 Å². The van der Waals surface area contributed by atoms with Crippen LogP contribution >= 0.6 is 0 Å². The number of nitrogens with one attached hydrogen (secondary N) is 1. The Morgan fingerprint density at radius 2 is 1.92 bits per heavy atom. The van der Waals surface area contributed by atoms with Gasteiger partial charge in [-0.1, -0.05) is 42.0 Å². The molecule has 1 unspecified atom stereocenters. The monoisotopic (exact) mass is 486 g/mol. The number of hydrogen-bond acceptors (Lipinski definition) is 4. The van der Waals surface area contributed by atoms with Crippen molar-refractivity contribution in [1.29, 1.82) is 0 Å². The number of para-hydroxylation sites is 2. The molecule has 3 heterocycles. The summed E-state index contributed by atoms with van der Waals surface area (Å²) >= 11 is 0. The van der Waals surface area contributed by atoms with Gasteiger partial charge in [-0.15, -0.1) is 0 Å². The third-order valence-electron chi connectivity index (χ3n) is 6.67. The van der Waals surface area contributed by atoms with Gasteiger partial charge in [0.25, 0.3) is 5.91 Å². The van der Waals surface area contributed by atoms with Crippen molar-refractivity contribution in [3.8, 4) is 5.75 Å². The SMILES string of the molecule is COc1ccccc1NC(=O)N1CCN(C(=O)c2cc3ccoc3n2Cc2cccc(C)c2)CC1C. The largest absolute Gasteiger partial charge is 0.495 e. The molecule has 0 bridgehead atoms. The molecule has 1 N–H and O–H groups in total. The molecule has 1 aliphatic heterocycles. The van der Waals surface area contributed by atoms with Crippen LogP contribution in [0.1, 0.15) is 28.5 Å². The standard InChI is InChI=1S/C28H30N4O4/c1-19-7-6-8-21(15-19)18-32-24(16-22-11-14-36-27(22)32)26(33)30-12-13-31(20(2)17-30)28(34)29-23-9-4-5-10-25(23)35-3/h4-11,14-16,20H,12-13,17-18H2,1-3H3,(H,29,34). The van der Waals surface area contributed by atoms with Crippen LogP contribution in [-0.4, -0.2) is 59.1 Å². The Labute approximate surface area is 210 Å². The van der Waals surface area contributed by atoms with Crippen LogP contribution in [0.2, 0.25) is 0 Å². The van der Waals surface area contributed by atoms with Crippen LogP contribution in [0.5, 0.6) is 5.75 Å². The zero-order chi connectivity index (χ0) is 25.2. The maximum atomic E-state index is 13.7. The van der Waals surface area contributed by atoms with Gasteiger partial charge >= 0.3 is 6.03 Å². The summed E-state index contributed by atoms with van der Waals surface area (Å²) in [4.78, 5) is 30.2. The molecule has 8 nitrogen and oxygen atoms in total. The van der Waals surface area contributed by atoms with Crippen molar-refractivity contribution in [2.24, 2.45) is 0 Å². The number of fused-ring (bicyclic) bond motifs is 1. The summed E-state index contributed by atoms with van der Waals surface area (Å²) in [5.74, 6) is 0.539. The van der Waals surface area contributed by atoms with Gasteiger partial charge in [-0.25, -0.2) is 4.79 Å². The molecular weight excluding hydrogens is 456 g/mol. The van der Waals surface area contributed by atoms with Crippen molar-refractivity contribution in [3.05, 3.63) is 83.7 Å². The Morgan fingerprint density at radius 3 is 2.69 bits per heavy atom. The van der Waals surface area contributed by atoms with Crippen LogP contribution in [0.3, 0.4) is 0 Å². The first-order valence-corrected chi connectivity index (χ1v) is 12.1. The molecule has 8 heteroatoms. The summed E-state index contributed by atoms with van der Waals surface area (Å²) in [6.45, 7) is 5.87. The number of rotatable bonds is 5. The van der Waals surface area contributed by atoms with Gasteiger partial charge in [0.2, 0.25) is 5.71 Å². The Kier molecular flexibility index (Phi) is 6.41. The molecule has 0 aliphatic carbocycles. The predicted molar refractivity (Wildman–Crippen MR) is 139 cm³/mol. The third kappa shape index (κ3) is 4.54. The lowest BCUT2D eigenvalue weighted by molar-refractivity contribution is 0.0582. The van der Waals surface area contributed by atoms with Gasteiger partial charge in [-0.05, 0) is 43.7 Å². The van der Waals surface area contributed by atoms with Gasteiger partial charge in [0.1, 0.15) is 11.4 Å². The van der Waals surface area contributed by atoms with Gasteiger partial charge < -0.3 is 28.8 Å². The lowest BCUT2D eigenvalue weighted by Gasteiger charge is -2.39. The highest BCUT2D eigenvalue weighted by Gasteiger charge is 2.32. The third-order valence-corrected chi connectivity index (χ3v) is 6.67. The molecule has 1 fully saturated rings. The van der Waals surface area contributed by atoms with Crippen LogP contribution < -0.4 is 10.1 Å². The van der Waals surface area contributed by atoms with Crippen molar-refractivity contribution in [3.63, 3.8) is 0 Å². The average molecular weight is 487 g/mol. The molecule has 0 radical (unpaired) electrons. The number of amides is 3. The van der Waals surface area contributed by atoms with E-state index < -0.39 is 0 Å². The zero-order valence-electron chi connectivity index (χ0n) is 20.7. The van der Waals surface area contributed by atoms with Crippen LogP contribution in [0.25, 0.3) is 11.1 Å². The maximum Gasteiger partial charge on any atom is 0.322 e. The number of ether oxygens (including phenoxy) is 1. The number of benzene rings is 2. The van der Waals surface area contributed by atoms with E-state index in [0.717, 1.165) is 10.9 Å². The number of carbonyl (C=O) groups is 2. The van der Waals surface area contributed by atoms with Gasteiger partial charge in [0, 0.05) is 31.1 Å². The molecule has 2 aromatic heterocycles. The normalized spacial score (nSPS) is 15.8. The van der Waals surface area contributed by atoms with Crippen LogP contribution in [0.15, 0.2) is 71.3 Å². The molecule has 3 amide bonds. The number of urea groups is 1. The molecule has 2 aromatic carbocycles. The van der Waals surface area contributed by atoms with Crippen molar-refractivity contribution in [1.82, 2.24) is 14.4 Å². The smallest absolute Gasteiger partial charge is 0.322 e. The molecule has 1 saturated heterocycles. The zero-order valence-corrected chi connectivity index (χ0v) is 20.7. The number of furan rings is 1. The second kappa shape index (κ2) is 9.81. The number of aryl methyl sites for hydroxylation is 1. The number of hydrogen-bond donors (Lipinski definition) is 1. The Hall–Kier alpha value is -4.20. The Bertz CT molecular complexity index is 1410. The molecule has 186 valence electrons. The number of piperazine rings is 1. The summed E-state index contributed by atoms with van der Waals surface area (Å²) in [6.07, 6.45) is 1.65. The minimum atomic E-state index is -0.209. The lowest BCUT2D eigenvalue weighted by atomic mass is 10.1. The fourth-order valence-electron chi connectivity index (χ4n) is 4.84. The van der Waals surface area contributed by atoms with Crippen molar-refractivity contribution in [2.45, 2.75) is 26.4 Å². The van der Waals surface area contributed by atoms with Crippen molar-refractivity contribution < 1.29 is 18.7 Å². The summed E-state index contributed by atoms with van der Waals surface area (Å²) < 4.78 is 13.0. The van der Waals surface area contributed by atoms with Crippen LogP contribution in [0.4, 0.5) is 10.5 Å². The number of carbonyl (C=O) groups excluding carboxylic acids is 2. The van der Waals surface area contributed by atoms with Crippen molar-refractivity contribution in [2.75, 3.05) is 32.1 Å². The van der Waals surface area contributed by atoms with Crippen molar-refractivity contribution >= 4 is 28.7 Å². The highest BCUT2D eigenvalue weighted by Crippen LogP contribution is 2.26. The molecule has 1 atom stereocenters. The summed E-state index contributed by atoms with van der Waals surface area (Å²) in [7, 11) is 1.57.